The minimum Gasteiger partial charge on any atom is -0.451 e. The second kappa shape index (κ2) is 5.87. The molecule has 0 fully saturated rings. The predicted molar refractivity (Wildman–Crippen MR) is 56.9 cm³/mol. The molecule has 0 radical (unpaired) electrons. The van der Waals surface area contributed by atoms with E-state index in [4.69, 9.17) is 4.42 Å². The molecular formula is C9H16N2O3S. The molecule has 0 bridgehead atoms. The second-order valence-electron chi connectivity index (χ2n) is 3.30. The Kier molecular flexibility index (Phi) is 4.77. The molecule has 0 aliphatic carbocycles. The normalized spacial score (nSPS) is 11.8. The van der Waals surface area contributed by atoms with Crippen molar-refractivity contribution in [2.75, 3.05) is 12.3 Å². The number of nitrogens with one attached hydrogen (secondary N) is 1. The molecule has 0 aromatic carbocycles. The molecule has 0 saturated carbocycles. The first kappa shape index (κ1) is 12.2. The quantitative estimate of drug-likeness (QED) is 0.759. The predicted octanol–water partition coefficient (Wildman–Crippen LogP) is 0.937. The van der Waals surface area contributed by atoms with Gasteiger partial charge >= 0.3 is 0 Å². The van der Waals surface area contributed by atoms with Gasteiger partial charge in [-0.15, -0.1) is 0 Å². The van der Waals surface area contributed by atoms with Gasteiger partial charge in [-0.3, -0.25) is 0 Å². The van der Waals surface area contributed by atoms with Gasteiger partial charge in [0.1, 0.15) is 6.26 Å². The van der Waals surface area contributed by atoms with Crippen LogP contribution in [0.2, 0.25) is 0 Å². The van der Waals surface area contributed by atoms with E-state index >= 15 is 0 Å². The lowest BCUT2D eigenvalue weighted by Gasteiger charge is -2.04. The van der Waals surface area contributed by atoms with Crippen LogP contribution in [0.4, 0.5) is 0 Å². The van der Waals surface area contributed by atoms with Crippen molar-refractivity contribution in [2.45, 2.75) is 26.2 Å². The van der Waals surface area contributed by atoms with Crippen LogP contribution < -0.4 is 4.72 Å². The summed E-state index contributed by atoms with van der Waals surface area (Å²) in [6, 6.07) is 0. The third-order valence-corrected chi connectivity index (χ3v) is 3.42. The van der Waals surface area contributed by atoms with Crippen LogP contribution >= 0.6 is 0 Å². The number of oxazole rings is 1. The maximum atomic E-state index is 11.4. The van der Waals surface area contributed by atoms with Gasteiger partial charge in [-0.2, -0.15) is 0 Å². The van der Waals surface area contributed by atoms with E-state index in [-0.39, 0.29) is 5.75 Å². The number of nitrogens with zero attached hydrogens (tertiary/aromatic N) is 1. The average Bonchev–Trinajstić information content (AvgIpc) is 2.67. The fraction of sp³-hybridized carbons (Fsp3) is 0.667. The lowest BCUT2D eigenvalue weighted by Crippen LogP contribution is -2.28. The number of hydrogen-bond donors (Lipinski definition) is 1. The molecular weight excluding hydrogens is 216 g/mol. The highest BCUT2D eigenvalue weighted by molar-refractivity contribution is 7.89. The number of unbranched alkanes of at least 4 members (excludes halogenated alkanes) is 1. The molecule has 0 amide bonds. The molecule has 0 aliphatic heterocycles. The lowest BCUT2D eigenvalue weighted by atomic mass is 10.3. The molecule has 15 heavy (non-hydrogen) atoms. The lowest BCUT2D eigenvalue weighted by molar-refractivity contribution is 0.555. The maximum Gasteiger partial charge on any atom is 0.211 e. The van der Waals surface area contributed by atoms with Crippen molar-refractivity contribution in [3.05, 3.63) is 18.4 Å². The second-order valence-corrected chi connectivity index (χ2v) is 5.22. The van der Waals surface area contributed by atoms with Crippen LogP contribution in [0.5, 0.6) is 0 Å². The molecule has 5 nitrogen and oxygen atoms in total. The van der Waals surface area contributed by atoms with E-state index in [0.29, 0.717) is 19.4 Å². The molecule has 6 heteroatoms. The van der Waals surface area contributed by atoms with Crippen LogP contribution in [0.15, 0.2) is 17.1 Å². The first-order valence-corrected chi connectivity index (χ1v) is 6.63. The van der Waals surface area contributed by atoms with Gasteiger partial charge in [0.2, 0.25) is 10.0 Å². The zero-order chi connectivity index (χ0) is 11.1. The highest BCUT2D eigenvalue weighted by Gasteiger charge is 2.08. The SMILES string of the molecule is CCCCS(=O)(=O)NCCc1cocn1. The van der Waals surface area contributed by atoms with Crippen molar-refractivity contribution in [2.24, 2.45) is 0 Å². The number of sulfonamides is 1. The Morgan fingerprint density at radius 1 is 1.53 bits per heavy atom. The minimum atomic E-state index is -3.11. The first-order chi connectivity index (χ1) is 7.14. The fourth-order valence-corrected chi connectivity index (χ4v) is 2.33. The Bertz CT molecular complexity index is 359. The zero-order valence-electron chi connectivity index (χ0n) is 8.77. The largest absolute Gasteiger partial charge is 0.451 e. The van der Waals surface area contributed by atoms with Crippen molar-refractivity contribution in [3.63, 3.8) is 0 Å². The highest BCUT2D eigenvalue weighted by Crippen LogP contribution is 1.96. The topological polar surface area (TPSA) is 72.2 Å². The molecule has 0 unspecified atom stereocenters. The average molecular weight is 232 g/mol. The molecule has 0 spiro atoms. The Balaban J connectivity index is 2.24. The summed E-state index contributed by atoms with van der Waals surface area (Å²) in [7, 11) is -3.11. The van der Waals surface area contributed by atoms with Crippen LogP contribution in [0.3, 0.4) is 0 Å². The Morgan fingerprint density at radius 3 is 2.93 bits per heavy atom. The van der Waals surface area contributed by atoms with Gasteiger partial charge in [-0.25, -0.2) is 18.1 Å². The minimum absolute atomic E-state index is 0.197. The van der Waals surface area contributed by atoms with Crippen LogP contribution in [0, 0.1) is 0 Å². The first-order valence-electron chi connectivity index (χ1n) is 4.98. The van der Waals surface area contributed by atoms with Crippen LogP contribution in [0.1, 0.15) is 25.5 Å². The Labute approximate surface area is 89.9 Å². The summed E-state index contributed by atoms with van der Waals surface area (Å²) in [5, 5.41) is 0. The van der Waals surface area contributed by atoms with Crippen LogP contribution in [0.25, 0.3) is 0 Å². The standard InChI is InChI=1S/C9H16N2O3S/c1-2-3-6-15(12,13)11-5-4-9-7-14-8-10-9/h7-8,11H,2-6H2,1H3. The van der Waals surface area contributed by atoms with E-state index in [9.17, 15) is 8.42 Å². The van der Waals surface area contributed by atoms with Crippen molar-refractivity contribution in [1.82, 2.24) is 9.71 Å². The maximum absolute atomic E-state index is 11.4. The van der Waals surface area contributed by atoms with Crippen LogP contribution in [-0.4, -0.2) is 25.7 Å². The van der Waals surface area contributed by atoms with Gasteiger partial charge < -0.3 is 4.42 Å². The number of aromatic nitrogens is 1. The van der Waals surface area contributed by atoms with E-state index in [1.165, 1.54) is 12.7 Å². The molecule has 1 rings (SSSR count). The van der Waals surface area contributed by atoms with Gasteiger partial charge in [-0.1, -0.05) is 13.3 Å². The summed E-state index contributed by atoms with van der Waals surface area (Å²) in [6.45, 7) is 2.34. The van der Waals surface area contributed by atoms with Crippen molar-refractivity contribution in [1.29, 1.82) is 0 Å². The van der Waals surface area contributed by atoms with E-state index in [2.05, 4.69) is 9.71 Å². The van der Waals surface area contributed by atoms with E-state index in [1.807, 2.05) is 6.92 Å². The highest BCUT2D eigenvalue weighted by atomic mass is 32.2. The van der Waals surface area contributed by atoms with Crippen LogP contribution in [-0.2, 0) is 16.4 Å². The van der Waals surface area contributed by atoms with Crippen molar-refractivity contribution >= 4 is 10.0 Å². The summed E-state index contributed by atoms with van der Waals surface area (Å²) in [4.78, 5) is 3.90. The van der Waals surface area contributed by atoms with Gasteiger partial charge in [0, 0.05) is 13.0 Å². The summed E-state index contributed by atoms with van der Waals surface area (Å²) < 4.78 is 30.0. The molecule has 1 aromatic rings. The number of rotatable bonds is 7. The fourth-order valence-electron chi connectivity index (χ4n) is 1.10. The number of hydrogen-bond acceptors (Lipinski definition) is 4. The summed E-state index contributed by atoms with van der Waals surface area (Å²) in [5.41, 5.74) is 0.758. The third kappa shape index (κ3) is 4.94. The Morgan fingerprint density at radius 2 is 2.33 bits per heavy atom. The van der Waals surface area contributed by atoms with E-state index < -0.39 is 10.0 Å². The molecule has 0 aliphatic rings. The Hall–Kier alpha value is -0.880. The van der Waals surface area contributed by atoms with Gasteiger partial charge in [0.15, 0.2) is 6.39 Å². The van der Waals surface area contributed by atoms with Crippen molar-refractivity contribution < 1.29 is 12.8 Å². The molecule has 0 atom stereocenters. The summed E-state index contributed by atoms with van der Waals surface area (Å²) in [5.74, 6) is 0.197. The third-order valence-electron chi connectivity index (χ3n) is 1.95. The van der Waals surface area contributed by atoms with Gasteiger partial charge in [-0.05, 0) is 6.42 Å². The molecule has 1 aromatic heterocycles. The van der Waals surface area contributed by atoms with E-state index in [0.717, 1.165) is 12.1 Å². The molecule has 1 heterocycles. The molecule has 0 saturated heterocycles. The summed E-state index contributed by atoms with van der Waals surface area (Å²) >= 11 is 0. The van der Waals surface area contributed by atoms with Gasteiger partial charge in [0.05, 0.1) is 11.4 Å². The smallest absolute Gasteiger partial charge is 0.211 e. The molecule has 86 valence electrons. The summed E-state index contributed by atoms with van der Waals surface area (Å²) in [6.07, 6.45) is 4.98. The monoisotopic (exact) mass is 232 g/mol. The molecule has 1 N–H and O–H groups in total. The van der Waals surface area contributed by atoms with E-state index in [1.54, 1.807) is 0 Å². The van der Waals surface area contributed by atoms with Gasteiger partial charge in [0.25, 0.3) is 0 Å². The van der Waals surface area contributed by atoms with Crippen molar-refractivity contribution in [3.8, 4) is 0 Å². The zero-order valence-corrected chi connectivity index (χ0v) is 9.59.